The molecule has 2 N–H and O–H groups in total. The average Bonchev–Trinajstić information content (AvgIpc) is 2.55. The summed E-state index contributed by atoms with van der Waals surface area (Å²) in [5.74, 6) is -0.400. The highest BCUT2D eigenvalue weighted by Crippen LogP contribution is 2.32. The summed E-state index contributed by atoms with van der Waals surface area (Å²) in [6.07, 6.45) is -5.07. The molecule has 25 heavy (non-hydrogen) atoms. The number of anilines is 2. The lowest BCUT2D eigenvalue weighted by Gasteiger charge is -2.23. The second-order valence-corrected chi connectivity index (χ2v) is 5.49. The van der Waals surface area contributed by atoms with Gasteiger partial charge in [0.15, 0.2) is 6.10 Å². The van der Waals surface area contributed by atoms with Crippen LogP contribution in [0.1, 0.15) is 22.8 Å². The molecule has 5 nitrogen and oxygen atoms in total. The molecule has 1 heterocycles. The molecule has 130 valence electrons. The van der Waals surface area contributed by atoms with Gasteiger partial charge in [0, 0.05) is 11.3 Å². The van der Waals surface area contributed by atoms with Gasteiger partial charge in [-0.25, -0.2) is 0 Å². The van der Waals surface area contributed by atoms with Gasteiger partial charge in [0.1, 0.15) is 5.75 Å². The second-order valence-electron chi connectivity index (χ2n) is 5.49. The zero-order chi connectivity index (χ0) is 18.2. The molecule has 0 aliphatic carbocycles. The SMILES string of the molecule is C[C@H]1Oc2ccc(NC(=O)c3ccc(C(F)(F)F)cc3)cc2NC1=O. The Bertz CT molecular complexity index is 832. The van der Waals surface area contributed by atoms with Gasteiger partial charge in [0.2, 0.25) is 0 Å². The average molecular weight is 350 g/mol. The Morgan fingerprint density at radius 1 is 1.16 bits per heavy atom. The van der Waals surface area contributed by atoms with E-state index in [0.29, 0.717) is 17.1 Å². The first-order chi connectivity index (χ1) is 11.7. The molecule has 1 atom stereocenters. The molecule has 1 aliphatic rings. The van der Waals surface area contributed by atoms with Gasteiger partial charge in [0.05, 0.1) is 11.3 Å². The van der Waals surface area contributed by atoms with Gasteiger partial charge >= 0.3 is 6.18 Å². The van der Waals surface area contributed by atoms with Crippen molar-refractivity contribution in [3.63, 3.8) is 0 Å². The van der Waals surface area contributed by atoms with E-state index in [4.69, 9.17) is 4.74 Å². The second kappa shape index (κ2) is 6.12. The zero-order valence-corrected chi connectivity index (χ0v) is 13.0. The van der Waals surface area contributed by atoms with E-state index in [-0.39, 0.29) is 11.5 Å². The molecule has 0 unspecified atom stereocenters. The predicted octanol–water partition coefficient (Wildman–Crippen LogP) is 3.68. The number of fused-ring (bicyclic) bond motifs is 1. The van der Waals surface area contributed by atoms with Crippen LogP contribution in [0.5, 0.6) is 5.75 Å². The van der Waals surface area contributed by atoms with Crippen molar-refractivity contribution in [2.24, 2.45) is 0 Å². The smallest absolute Gasteiger partial charge is 0.416 e. The fourth-order valence-corrected chi connectivity index (χ4v) is 2.30. The predicted molar refractivity (Wildman–Crippen MR) is 84.6 cm³/mol. The Labute approximate surface area is 140 Å². The van der Waals surface area contributed by atoms with E-state index in [0.717, 1.165) is 24.3 Å². The fraction of sp³-hybridized carbons (Fsp3) is 0.176. The number of hydrogen-bond donors (Lipinski definition) is 2. The molecule has 8 heteroatoms. The lowest BCUT2D eigenvalue weighted by molar-refractivity contribution is -0.137. The summed E-state index contributed by atoms with van der Waals surface area (Å²) in [6, 6.07) is 8.57. The van der Waals surface area contributed by atoms with Crippen LogP contribution in [0, 0.1) is 0 Å². The van der Waals surface area contributed by atoms with Crippen LogP contribution in [0.4, 0.5) is 24.5 Å². The van der Waals surface area contributed by atoms with Crippen molar-refractivity contribution in [1.82, 2.24) is 0 Å². The Morgan fingerprint density at radius 2 is 1.84 bits per heavy atom. The molecule has 3 rings (SSSR count). The highest BCUT2D eigenvalue weighted by molar-refractivity contribution is 6.05. The number of amides is 2. The molecule has 0 saturated heterocycles. The number of benzene rings is 2. The molecular formula is C17H13F3N2O3. The number of ether oxygens (including phenoxy) is 1. The highest BCUT2D eigenvalue weighted by Gasteiger charge is 2.30. The number of alkyl halides is 3. The molecule has 0 radical (unpaired) electrons. The van der Waals surface area contributed by atoms with Gasteiger partial charge in [-0.05, 0) is 49.4 Å². The Hall–Kier alpha value is -3.03. The van der Waals surface area contributed by atoms with Gasteiger partial charge in [-0.3, -0.25) is 9.59 Å². The Balaban J connectivity index is 1.75. The third kappa shape index (κ3) is 3.57. The van der Waals surface area contributed by atoms with Crippen molar-refractivity contribution in [3.8, 4) is 5.75 Å². The highest BCUT2D eigenvalue weighted by atomic mass is 19.4. The molecule has 0 saturated carbocycles. The van der Waals surface area contributed by atoms with Gasteiger partial charge in [-0.2, -0.15) is 13.2 Å². The van der Waals surface area contributed by atoms with E-state index in [1.54, 1.807) is 19.1 Å². The van der Waals surface area contributed by atoms with E-state index >= 15 is 0 Å². The van der Waals surface area contributed by atoms with Crippen molar-refractivity contribution in [2.45, 2.75) is 19.2 Å². The number of hydrogen-bond acceptors (Lipinski definition) is 3. The summed E-state index contributed by atoms with van der Waals surface area (Å²) in [6.45, 7) is 1.61. The maximum absolute atomic E-state index is 12.5. The molecule has 2 amide bonds. The minimum absolute atomic E-state index is 0.0830. The fourth-order valence-electron chi connectivity index (χ4n) is 2.30. The number of carbonyl (C=O) groups excluding carboxylic acids is 2. The van der Waals surface area contributed by atoms with Crippen LogP contribution >= 0.6 is 0 Å². The molecule has 2 aromatic rings. The topological polar surface area (TPSA) is 67.4 Å². The Morgan fingerprint density at radius 3 is 2.48 bits per heavy atom. The number of rotatable bonds is 2. The van der Waals surface area contributed by atoms with Crippen LogP contribution in [-0.4, -0.2) is 17.9 Å². The minimum atomic E-state index is -4.46. The molecule has 0 spiro atoms. The first kappa shape index (κ1) is 16.8. The molecule has 0 fully saturated rings. The van der Waals surface area contributed by atoms with Crippen molar-refractivity contribution >= 4 is 23.2 Å². The summed E-state index contributed by atoms with van der Waals surface area (Å²) in [5, 5.41) is 5.21. The van der Waals surface area contributed by atoms with Gasteiger partial charge in [-0.15, -0.1) is 0 Å². The van der Waals surface area contributed by atoms with Crippen molar-refractivity contribution < 1.29 is 27.5 Å². The maximum Gasteiger partial charge on any atom is 0.416 e. The van der Waals surface area contributed by atoms with Gasteiger partial charge < -0.3 is 15.4 Å². The summed E-state index contributed by atoms with van der Waals surface area (Å²) in [4.78, 5) is 23.8. The normalized spacial score (nSPS) is 16.5. The van der Waals surface area contributed by atoms with E-state index in [1.807, 2.05) is 0 Å². The van der Waals surface area contributed by atoms with E-state index < -0.39 is 23.8 Å². The van der Waals surface area contributed by atoms with Crippen LogP contribution in [-0.2, 0) is 11.0 Å². The maximum atomic E-state index is 12.5. The van der Waals surface area contributed by atoms with Crippen molar-refractivity contribution in [2.75, 3.05) is 10.6 Å². The van der Waals surface area contributed by atoms with E-state index in [2.05, 4.69) is 10.6 Å². The van der Waals surface area contributed by atoms with Crippen LogP contribution in [0.2, 0.25) is 0 Å². The van der Waals surface area contributed by atoms with Crippen LogP contribution in [0.25, 0.3) is 0 Å². The lowest BCUT2D eigenvalue weighted by Crippen LogP contribution is -2.34. The van der Waals surface area contributed by atoms with Crippen LogP contribution in [0.15, 0.2) is 42.5 Å². The third-order valence-corrected chi connectivity index (χ3v) is 3.64. The molecule has 1 aliphatic heterocycles. The van der Waals surface area contributed by atoms with Gasteiger partial charge in [-0.1, -0.05) is 0 Å². The first-order valence-electron chi connectivity index (χ1n) is 7.34. The summed E-state index contributed by atoms with van der Waals surface area (Å²) in [7, 11) is 0. The van der Waals surface area contributed by atoms with Gasteiger partial charge in [0.25, 0.3) is 11.8 Å². The number of nitrogens with one attached hydrogen (secondary N) is 2. The van der Waals surface area contributed by atoms with Crippen molar-refractivity contribution in [3.05, 3.63) is 53.6 Å². The summed E-state index contributed by atoms with van der Waals surface area (Å²) >= 11 is 0. The minimum Gasteiger partial charge on any atom is -0.479 e. The Kier molecular flexibility index (Phi) is 4.12. The summed E-state index contributed by atoms with van der Waals surface area (Å²) < 4.78 is 43.0. The molecule has 2 aromatic carbocycles. The summed E-state index contributed by atoms with van der Waals surface area (Å²) in [5.41, 5.74) is 0.0434. The molecule has 0 bridgehead atoms. The lowest BCUT2D eigenvalue weighted by atomic mass is 10.1. The van der Waals surface area contributed by atoms with E-state index in [9.17, 15) is 22.8 Å². The quantitative estimate of drug-likeness (QED) is 0.868. The number of halogens is 3. The number of carbonyl (C=O) groups is 2. The zero-order valence-electron chi connectivity index (χ0n) is 13.0. The van der Waals surface area contributed by atoms with E-state index in [1.165, 1.54) is 6.07 Å². The van der Waals surface area contributed by atoms with Crippen molar-refractivity contribution in [1.29, 1.82) is 0 Å². The first-order valence-corrected chi connectivity index (χ1v) is 7.34. The third-order valence-electron chi connectivity index (χ3n) is 3.64. The standard InChI is InChI=1S/C17H13F3N2O3/c1-9-15(23)22-13-8-12(6-7-14(13)25-9)21-16(24)10-2-4-11(5-3-10)17(18,19)20/h2-9H,1H3,(H,21,24)(H,22,23)/t9-/m1/s1. The monoisotopic (exact) mass is 350 g/mol. The van der Waals surface area contributed by atoms with Crippen LogP contribution in [0.3, 0.4) is 0 Å². The largest absolute Gasteiger partial charge is 0.479 e. The van der Waals surface area contributed by atoms with Crippen LogP contribution < -0.4 is 15.4 Å². The molecule has 0 aromatic heterocycles. The molecular weight excluding hydrogens is 337 g/mol.